The van der Waals surface area contributed by atoms with E-state index in [0.29, 0.717) is 11.5 Å². The molecule has 6 heteroatoms. The van der Waals surface area contributed by atoms with E-state index in [1.165, 1.54) is 5.56 Å². The lowest BCUT2D eigenvalue weighted by molar-refractivity contribution is -0.137. The van der Waals surface area contributed by atoms with Gasteiger partial charge in [0.25, 0.3) is 5.91 Å². The van der Waals surface area contributed by atoms with Crippen LogP contribution in [0.4, 0.5) is 0 Å². The lowest BCUT2D eigenvalue weighted by atomic mass is 9.93. The lowest BCUT2D eigenvalue weighted by Crippen LogP contribution is -2.30. The Morgan fingerprint density at radius 1 is 1.15 bits per heavy atom. The molecule has 0 unspecified atom stereocenters. The second kappa shape index (κ2) is 8.12. The normalized spacial score (nSPS) is 15.6. The molecule has 2 aromatic rings. The smallest absolute Gasteiger partial charge is 0.305 e. The van der Waals surface area contributed by atoms with Crippen LogP contribution < -0.4 is 16.2 Å². The summed E-state index contributed by atoms with van der Waals surface area (Å²) >= 11 is 0. The molecule has 0 aromatic heterocycles. The van der Waals surface area contributed by atoms with E-state index in [1.807, 2.05) is 49.4 Å². The van der Waals surface area contributed by atoms with E-state index in [9.17, 15) is 9.59 Å². The van der Waals surface area contributed by atoms with Crippen molar-refractivity contribution in [2.45, 2.75) is 25.3 Å². The molecule has 1 amide bonds. The molecular weight excluding hydrogens is 330 g/mol. The lowest BCUT2D eigenvalue weighted by Gasteiger charge is -2.18. The van der Waals surface area contributed by atoms with Crippen molar-refractivity contribution >= 4 is 11.9 Å². The fourth-order valence-corrected chi connectivity index (χ4v) is 3.31. The molecule has 0 saturated carbocycles. The molecule has 6 nitrogen and oxygen atoms in total. The van der Waals surface area contributed by atoms with Crippen LogP contribution in [0.1, 0.15) is 45.4 Å². The minimum atomic E-state index is -0.952. The van der Waals surface area contributed by atoms with Gasteiger partial charge in [-0.25, -0.2) is 0 Å². The maximum atomic E-state index is 12.7. The van der Waals surface area contributed by atoms with Gasteiger partial charge in [0.05, 0.1) is 12.5 Å². The van der Waals surface area contributed by atoms with E-state index in [0.717, 1.165) is 24.2 Å². The van der Waals surface area contributed by atoms with Crippen molar-refractivity contribution in [3.8, 4) is 0 Å². The first-order chi connectivity index (χ1) is 12.5. The molecule has 1 atom stereocenters. The van der Waals surface area contributed by atoms with E-state index >= 15 is 0 Å². The van der Waals surface area contributed by atoms with Crippen molar-refractivity contribution in [3.63, 3.8) is 0 Å². The van der Waals surface area contributed by atoms with Crippen molar-refractivity contribution in [2.75, 3.05) is 13.1 Å². The van der Waals surface area contributed by atoms with Crippen molar-refractivity contribution < 1.29 is 14.7 Å². The third-order valence-electron chi connectivity index (χ3n) is 4.68. The predicted octanol–water partition coefficient (Wildman–Crippen LogP) is 2.13. The second-order valence-corrected chi connectivity index (χ2v) is 6.56. The summed E-state index contributed by atoms with van der Waals surface area (Å²) in [5, 5.41) is 12.0. The Kier molecular flexibility index (Phi) is 5.65. The van der Waals surface area contributed by atoms with Gasteiger partial charge in [-0.15, -0.1) is 0 Å². The molecule has 1 saturated heterocycles. The van der Waals surface area contributed by atoms with Gasteiger partial charge in [-0.2, -0.15) is 0 Å². The summed E-state index contributed by atoms with van der Waals surface area (Å²) in [5.74, 6) is -0.833. The zero-order chi connectivity index (χ0) is 18.5. The number of amides is 1. The molecule has 0 bridgehead atoms. The van der Waals surface area contributed by atoms with E-state index in [4.69, 9.17) is 5.11 Å². The van der Waals surface area contributed by atoms with Gasteiger partial charge in [-0.05, 0) is 35.7 Å². The Bertz CT molecular complexity index is 786. The van der Waals surface area contributed by atoms with Gasteiger partial charge in [0.15, 0.2) is 0 Å². The van der Waals surface area contributed by atoms with Gasteiger partial charge >= 0.3 is 5.97 Å². The summed E-state index contributed by atoms with van der Waals surface area (Å²) in [6.45, 7) is 3.72. The zero-order valence-electron chi connectivity index (χ0n) is 14.7. The number of carbonyl (C=O) groups excluding carboxylic acids is 1. The highest BCUT2D eigenvalue weighted by Gasteiger charge is 2.21. The first-order valence-corrected chi connectivity index (χ1v) is 8.68. The zero-order valence-corrected chi connectivity index (χ0v) is 14.7. The van der Waals surface area contributed by atoms with Crippen LogP contribution in [0.25, 0.3) is 0 Å². The summed E-state index contributed by atoms with van der Waals surface area (Å²) in [5.41, 5.74) is 9.81. The number of aryl methyl sites for hydroxylation is 1. The summed E-state index contributed by atoms with van der Waals surface area (Å²) < 4.78 is 0. The molecule has 1 aliphatic rings. The topological polar surface area (TPSA) is 90.5 Å². The molecule has 1 fully saturated rings. The third kappa shape index (κ3) is 4.28. The van der Waals surface area contributed by atoms with Crippen LogP contribution in [0.3, 0.4) is 0 Å². The Morgan fingerprint density at radius 3 is 2.46 bits per heavy atom. The number of carboxylic acid groups (broad SMARTS) is 1. The first kappa shape index (κ1) is 18.1. The molecule has 136 valence electrons. The number of carbonyl (C=O) groups is 2. The van der Waals surface area contributed by atoms with Crippen LogP contribution in [0, 0.1) is 6.92 Å². The SMILES string of the molecule is Cc1cc(C(=O)N[C@H](CC(=O)O)c2ccccc2)ccc1C1CNNC1. The Hall–Kier alpha value is -2.70. The number of rotatable bonds is 6. The molecule has 26 heavy (non-hydrogen) atoms. The number of nitrogens with one attached hydrogen (secondary N) is 3. The summed E-state index contributed by atoms with van der Waals surface area (Å²) in [6, 6.07) is 14.3. The van der Waals surface area contributed by atoms with Gasteiger partial charge in [0, 0.05) is 24.6 Å². The number of carboxylic acids is 1. The average Bonchev–Trinajstić information content (AvgIpc) is 3.15. The summed E-state index contributed by atoms with van der Waals surface area (Å²) in [7, 11) is 0. The third-order valence-corrected chi connectivity index (χ3v) is 4.68. The van der Waals surface area contributed by atoms with Crippen LogP contribution in [0.15, 0.2) is 48.5 Å². The maximum Gasteiger partial charge on any atom is 0.305 e. The van der Waals surface area contributed by atoms with Gasteiger partial charge in [-0.3, -0.25) is 20.4 Å². The summed E-state index contributed by atoms with van der Waals surface area (Å²) in [6.07, 6.45) is -0.160. The number of benzene rings is 2. The molecular formula is C20H23N3O3. The van der Waals surface area contributed by atoms with Gasteiger partial charge in [0.1, 0.15) is 0 Å². The van der Waals surface area contributed by atoms with E-state index < -0.39 is 12.0 Å². The molecule has 1 heterocycles. The van der Waals surface area contributed by atoms with Crippen molar-refractivity contribution in [1.29, 1.82) is 0 Å². The standard InChI is InChI=1S/C20H23N3O3/c1-13-9-15(7-8-17(13)16-11-21-22-12-16)20(26)23-18(10-19(24)25)14-5-3-2-4-6-14/h2-9,16,18,21-22H,10-12H2,1H3,(H,23,26)(H,24,25)/t18-/m1/s1. The number of hydrogen-bond acceptors (Lipinski definition) is 4. The molecule has 0 radical (unpaired) electrons. The highest BCUT2D eigenvalue weighted by molar-refractivity contribution is 5.95. The van der Waals surface area contributed by atoms with Crippen LogP contribution in [-0.4, -0.2) is 30.1 Å². The van der Waals surface area contributed by atoms with Crippen molar-refractivity contribution in [1.82, 2.24) is 16.2 Å². The Morgan fingerprint density at radius 2 is 1.85 bits per heavy atom. The highest BCUT2D eigenvalue weighted by atomic mass is 16.4. The maximum absolute atomic E-state index is 12.7. The van der Waals surface area contributed by atoms with Crippen LogP contribution in [-0.2, 0) is 4.79 Å². The summed E-state index contributed by atoms with van der Waals surface area (Å²) in [4.78, 5) is 23.8. The molecule has 3 rings (SSSR count). The van der Waals surface area contributed by atoms with Crippen molar-refractivity contribution in [3.05, 3.63) is 70.8 Å². The van der Waals surface area contributed by atoms with Gasteiger partial charge in [0.2, 0.25) is 0 Å². The number of aliphatic carboxylic acids is 1. The molecule has 2 aromatic carbocycles. The Balaban J connectivity index is 1.76. The molecule has 4 N–H and O–H groups in total. The average molecular weight is 353 g/mol. The minimum Gasteiger partial charge on any atom is -0.481 e. The quantitative estimate of drug-likeness (QED) is 0.639. The number of hydrogen-bond donors (Lipinski definition) is 4. The van der Waals surface area contributed by atoms with Crippen LogP contribution in [0.5, 0.6) is 0 Å². The largest absolute Gasteiger partial charge is 0.481 e. The van der Waals surface area contributed by atoms with E-state index in [-0.39, 0.29) is 12.3 Å². The van der Waals surface area contributed by atoms with E-state index in [2.05, 4.69) is 16.2 Å². The fourth-order valence-electron chi connectivity index (χ4n) is 3.31. The monoisotopic (exact) mass is 353 g/mol. The fraction of sp³-hybridized carbons (Fsp3) is 0.300. The van der Waals surface area contributed by atoms with Gasteiger partial charge in [-0.1, -0.05) is 36.4 Å². The van der Waals surface area contributed by atoms with Crippen LogP contribution >= 0.6 is 0 Å². The number of hydrazine groups is 1. The molecule has 1 aliphatic heterocycles. The van der Waals surface area contributed by atoms with E-state index in [1.54, 1.807) is 6.07 Å². The molecule has 0 spiro atoms. The van der Waals surface area contributed by atoms with Crippen LogP contribution in [0.2, 0.25) is 0 Å². The molecule has 0 aliphatic carbocycles. The van der Waals surface area contributed by atoms with Crippen molar-refractivity contribution in [2.24, 2.45) is 0 Å². The predicted molar refractivity (Wildman–Crippen MR) is 98.8 cm³/mol. The first-order valence-electron chi connectivity index (χ1n) is 8.68. The second-order valence-electron chi connectivity index (χ2n) is 6.56. The Labute approximate surface area is 152 Å². The minimum absolute atomic E-state index is 0.160. The van der Waals surface area contributed by atoms with Gasteiger partial charge < -0.3 is 10.4 Å². The highest BCUT2D eigenvalue weighted by Crippen LogP contribution is 2.23.